The number of benzene rings is 3. The first kappa shape index (κ1) is 18.2. The highest BCUT2D eigenvalue weighted by atomic mass is 35.5. The van der Waals surface area contributed by atoms with Gasteiger partial charge < -0.3 is 0 Å². The van der Waals surface area contributed by atoms with Gasteiger partial charge in [0.25, 0.3) is 5.91 Å². The predicted molar refractivity (Wildman–Crippen MR) is 112 cm³/mol. The van der Waals surface area contributed by atoms with E-state index >= 15 is 0 Å². The lowest BCUT2D eigenvalue weighted by Crippen LogP contribution is -2.63. The number of hydrogen-bond donors (Lipinski definition) is 1. The van der Waals surface area contributed by atoms with E-state index in [1.165, 1.54) is 17.1 Å². The maximum Gasteiger partial charge on any atom is 0.262 e. The Labute approximate surface area is 176 Å². The molecule has 0 unspecified atom stereocenters. The van der Waals surface area contributed by atoms with Crippen molar-refractivity contribution in [1.82, 2.24) is 10.4 Å². The molecule has 2 aliphatic rings. The molecule has 4 nitrogen and oxygen atoms in total. The smallest absolute Gasteiger partial charge is 0.262 e. The summed E-state index contributed by atoms with van der Waals surface area (Å²) < 4.78 is 13.3. The molecule has 1 amide bonds. The highest BCUT2D eigenvalue weighted by molar-refractivity contribution is 7.99. The minimum absolute atomic E-state index is 0.244. The van der Waals surface area contributed by atoms with Gasteiger partial charge in [-0.2, -0.15) is 0 Å². The third-order valence-electron chi connectivity index (χ3n) is 4.93. The van der Waals surface area contributed by atoms with E-state index in [1.807, 2.05) is 48.5 Å². The fraction of sp³-hybridized carbons (Fsp3) is 0.0909. The van der Waals surface area contributed by atoms with Gasteiger partial charge in [-0.15, -0.1) is 11.6 Å². The Morgan fingerprint density at radius 3 is 2.45 bits per heavy atom. The van der Waals surface area contributed by atoms with Crippen LogP contribution >= 0.6 is 23.4 Å². The molecule has 7 heteroatoms. The number of alkyl halides is 1. The zero-order valence-corrected chi connectivity index (χ0v) is 16.6. The second-order valence-electron chi connectivity index (χ2n) is 6.74. The van der Waals surface area contributed by atoms with E-state index < -0.39 is 11.4 Å². The maximum absolute atomic E-state index is 13.3. The molecule has 29 heavy (non-hydrogen) atoms. The number of β-lactam (4-membered cyclic amide) rings is 1. The van der Waals surface area contributed by atoms with Crippen molar-refractivity contribution < 1.29 is 9.18 Å². The molecule has 2 aliphatic heterocycles. The second-order valence-corrected chi connectivity index (χ2v) is 8.30. The molecular weight excluding hydrogens is 409 g/mol. The molecule has 2 atom stereocenters. The Bertz CT molecular complexity index is 1130. The molecule has 2 heterocycles. The minimum atomic E-state index is -0.712. The van der Waals surface area contributed by atoms with E-state index in [9.17, 15) is 9.18 Å². The quantitative estimate of drug-likeness (QED) is 0.462. The van der Waals surface area contributed by atoms with E-state index in [0.717, 1.165) is 26.6 Å². The molecule has 0 radical (unpaired) electrons. The molecule has 0 saturated carbocycles. The van der Waals surface area contributed by atoms with Crippen molar-refractivity contribution >= 4 is 40.8 Å². The Morgan fingerprint density at radius 1 is 0.966 bits per heavy atom. The average molecular weight is 424 g/mol. The van der Waals surface area contributed by atoms with Crippen molar-refractivity contribution in [3.63, 3.8) is 0 Å². The topological polar surface area (TPSA) is 44.7 Å². The number of para-hydroxylation sites is 1. The van der Waals surface area contributed by atoms with Crippen molar-refractivity contribution in [3.8, 4) is 0 Å². The van der Waals surface area contributed by atoms with Gasteiger partial charge in [0.1, 0.15) is 17.2 Å². The van der Waals surface area contributed by atoms with Gasteiger partial charge in [-0.05, 0) is 35.9 Å². The highest BCUT2D eigenvalue weighted by Gasteiger charge is 2.48. The lowest BCUT2D eigenvalue weighted by molar-refractivity contribution is -0.148. The first-order valence-corrected chi connectivity index (χ1v) is 10.3. The van der Waals surface area contributed by atoms with E-state index in [4.69, 9.17) is 16.6 Å². The molecule has 1 N–H and O–H groups in total. The van der Waals surface area contributed by atoms with Gasteiger partial charge in [-0.3, -0.25) is 10.2 Å². The van der Waals surface area contributed by atoms with Crippen LogP contribution in [0.1, 0.15) is 17.2 Å². The molecule has 3 aromatic carbocycles. The summed E-state index contributed by atoms with van der Waals surface area (Å²) in [6, 6.07) is 21.4. The summed E-state index contributed by atoms with van der Waals surface area (Å²) in [6.07, 6.45) is 0. The van der Waals surface area contributed by atoms with E-state index in [1.54, 1.807) is 23.9 Å². The number of carbonyl (C=O) groups excluding carboxylic acids is 1. The zero-order valence-electron chi connectivity index (χ0n) is 15.0. The van der Waals surface area contributed by atoms with Crippen molar-refractivity contribution in [3.05, 3.63) is 89.7 Å². The highest BCUT2D eigenvalue weighted by Crippen LogP contribution is 2.41. The third kappa shape index (κ3) is 3.18. The summed E-state index contributed by atoms with van der Waals surface area (Å²) in [5, 5.41) is 0.760. The monoisotopic (exact) mass is 423 g/mol. The van der Waals surface area contributed by atoms with E-state index in [2.05, 4.69) is 5.43 Å². The van der Waals surface area contributed by atoms with Gasteiger partial charge in [0.05, 0.1) is 5.69 Å². The number of carbonyl (C=O) groups is 1. The van der Waals surface area contributed by atoms with Crippen LogP contribution in [0.25, 0.3) is 0 Å². The largest absolute Gasteiger partial charge is 0.278 e. The molecule has 0 aromatic heterocycles. The number of rotatable bonds is 2. The van der Waals surface area contributed by atoms with Crippen LogP contribution in [0.5, 0.6) is 0 Å². The first-order chi connectivity index (χ1) is 14.1. The van der Waals surface area contributed by atoms with E-state index in [0.29, 0.717) is 5.84 Å². The molecule has 0 spiro atoms. The number of aliphatic imine (C=N–C) groups is 1. The Balaban J connectivity index is 1.53. The standard InChI is InChI=1S/C22H15ClFN3OS/c23-19-20(13-9-11-14(24)12-10-13)27(22(19)28)26-21-15-5-1-3-7-17(15)29-18-8-4-2-6-16(18)25-21/h1-12,19-20H,(H,25,26)/t19-,20-/m1/s1. The number of halogens is 2. The SMILES string of the molecule is O=C1[C@H](Cl)[C@@H](c2ccc(F)cc2)N1NC1=Nc2ccccc2Sc2ccccc21. The molecule has 1 saturated heterocycles. The predicted octanol–water partition coefficient (Wildman–Crippen LogP) is 5.06. The van der Waals surface area contributed by atoms with Crippen LogP contribution < -0.4 is 5.43 Å². The fourth-order valence-corrected chi connectivity index (χ4v) is 4.83. The van der Waals surface area contributed by atoms with Gasteiger partial charge in [0, 0.05) is 15.4 Å². The van der Waals surface area contributed by atoms with Gasteiger partial charge in [0.15, 0.2) is 5.84 Å². The lowest BCUT2D eigenvalue weighted by atomic mass is 9.95. The Kier molecular flexibility index (Phi) is 4.53. The van der Waals surface area contributed by atoms with Crippen LogP contribution in [-0.4, -0.2) is 22.1 Å². The molecule has 0 bridgehead atoms. The maximum atomic E-state index is 13.3. The van der Waals surface area contributed by atoms with Crippen LogP contribution in [0.2, 0.25) is 0 Å². The molecular formula is C22H15ClFN3OS. The van der Waals surface area contributed by atoms with Crippen LogP contribution in [0.4, 0.5) is 10.1 Å². The summed E-state index contributed by atoms with van der Waals surface area (Å²) >= 11 is 7.93. The third-order valence-corrected chi connectivity index (χ3v) is 6.49. The minimum Gasteiger partial charge on any atom is -0.278 e. The summed E-state index contributed by atoms with van der Waals surface area (Å²) in [5.41, 5.74) is 5.66. The Morgan fingerprint density at radius 2 is 1.66 bits per heavy atom. The van der Waals surface area contributed by atoms with Crippen molar-refractivity contribution in [2.24, 2.45) is 4.99 Å². The van der Waals surface area contributed by atoms with Crippen molar-refractivity contribution in [2.75, 3.05) is 0 Å². The number of amidine groups is 1. The van der Waals surface area contributed by atoms with E-state index in [-0.39, 0.29) is 11.7 Å². The fourth-order valence-electron chi connectivity index (χ4n) is 3.44. The number of nitrogens with zero attached hydrogens (tertiary/aromatic N) is 2. The summed E-state index contributed by atoms with van der Waals surface area (Å²) in [6.45, 7) is 0. The number of nitrogens with one attached hydrogen (secondary N) is 1. The molecule has 1 fully saturated rings. The number of amides is 1. The van der Waals surface area contributed by atoms with Gasteiger partial charge in [0.2, 0.25) is 0 Å². The number of hydrogen-bond acceptors (Lipinski definition) is 4. The number of fused-ring (bicyclic) bond motifs is 2. The average Bonchev–Trinajstić information content (AvgIpc) is 2.91. The van der Waals surface area contributed by atoms with Crippen LogP contribution in [0.15, 0.2) is 87.6 Å². The van der Waals surface area contributed by atoms with Crippen molar-refractivity contribution in [2.45, 2.75) is 21.2 Å². The van der Waals surface area contributed by atoms with Gasteiger partial charge >= 0.3 is 0 Å². The Hall–Kier alpha value is -2.83. The lowest BCUT2D eigenvalue weighted by Gasteiger charge is -2.44. The summed E-state index contributed by atoms with van der Waals surface area (Å²) in [7, 11) is 0. The zero-order chi connectivity index (χ0) is 20.0. The molecule has 5 rings (SSSR count). The van der Waals surface area contributed by atoms with Crippen LogP contribution in [0, 0.1) is 5.82 Å². The number of hydrazine groups is 1. The van der Waals surface area contributed by atoms with Crippen LogP contribution in [0.3, 0.4) is 0 Å². The van der Waals surface area contributed by atoms with Crippen molar-refractivity contribution in [1.29, 1.82) is 0 Å². The summed E-state index contributed by atoms with van der Waals surface area (Å²) in [5.74, 6) is -0.00540. The van der Waals surface area contributed by atoms with Gasteiger partial charge in [-0.25, -0.2) is 14.4 Å². The molecule has 144 valence electrons. The molecule has 3 aromatic rings. The first-order valence-electron chi connectivity index (χ1n) is 9.06. The van der Waals surface area contributed by atoms with Gasteiger partial charge in [-0.1, -0.05) is 54.2 Å². The summed E-state index contributed by atoms with van der Waals surface area (Å²) in [4.78, 5) is 19.4. The normalized spacial score (nSPS) is 20.1. The second kappa shape index (κ2) is 7.21. The van der Waals surface area contributed by atoms with Crippen LogP contribution in [-0.2, 0) is 4.79 Å². The molecule has 0 aliphatic carbocycles.